The number of benzene rings is 1. The Morgan fingerprint density at radius 3 is 2.25 bits per heavy atom. The Hall–Kier alpha value is -1.33. The molecule has 0 amide bonds. The second kappa shape index (κ2) is 3.92. The van der Waals surface area contributed by atoms with Gasteiger partial charge in [0, 0.05) is 0 Å². The summed E-state index contributed by atoms with van der Waals surface area (Å²) in [4.78, 5) is 0. The molecule has 2 nitrogen and oxygen atoms in total. The van der Waals surface area contributed by atoms with Gasteiger partial charge in [0.15, 0.2) is 0 Å². The van der Waals surface area contributed by atoms with Crippen molar-refractivity contribution in [2.24, 2.45) is 5.41 Å². The molecule has 0 aromatic heterocycles. The Balaban J connectivity index is 3.38. The van der Waals surface area contributed by atoms with E-state index < -0.39 is 11.0 Å². The van der Waals surface area contributed by atoms with Crippen LogP contribution in [-0.4, -0.2) is 5.11 Å². The van der Waals surface area contributed by atoms with Gasteiger partial charge in [0.25, 0.3) is 0 Å². The van der Waals surface area contributed by atoms with Gasteiger partial charge >= 0.3 is 0 Å². The summed E-state index contributed by atoms with van der Waals surface area (Å²) in [5.41, 5.74) is 0.983. The number of rotatable bonds is 2. The third-order valence-electron chi connectivity index (χ3n) is 3.41. The Kier molecular flexibility index (Phi) is 3.12. The van der Waals surface area contributed by atoms with E-state index in [-0.39, 0.29) is 0 Å². The molecule has 1 aromatic carbocycles. The summed E-state index contributed by atoms with van der Waals surface area (Å²) in [5, 5.41) is 19.7. The van der Waals surface area contributed by atoms with E-state index in [9.17, 15) is 5.11 Å². The summed E-state index contributed by atoms with van der Waals surface area (Å²) in [6, 6.07) is 8.12. The van der Waals surface area contributed by atoms with E-state index in [2.05, 4.69) is 6.07 Å². The highest BCUT2D eigenvalue weighted by molar-refractivity contribution is 5.37. The lowest BCUT2D eigenvalue weighted by Crippen LogP contribution is -2.38. The summed E-state index contributed by atoms with van der Waals surface area (Å²) >= 11 is 0. The van der Waals surface area contributed by atoms with Crippen molar-refractivity contribution >= 4 is 0 Å². The lowest BCUT2D eigenvalue weighted by Gasteiger charge is -2.36. The van der Waals surface area contributed by atoms with Crippen LogP contribution in [0.1, 0.15) is 37.5 Å². The van der Waals surface area contributed by atoms with Crippen LogP contribution < -0.4 is 0 Å². The molecule has 0 aliphatic rings. The summed E-state index contributed by atoms with van der Waals surface area (Å²) in [6.07, 6.45) is 0. The Morgan fingerprint density at radius 1 is 1.19 bits per heavy atom. The van der Waals surface area contributed by atoms with Crippen LogP contribution in [0.15, 0.2) is 18.2 Å². The second-order valence-corrected chi connectivity index (χ2v) is 5.13. The fourth-order valence-corrected chi connectivity index (χ4v) is 1.71. The summed E-state index contributed by atoms with van der Waals surface area (Å²) < 4.78 is 0. The number of hydrogen-bond donors (Lipinski definition) is 1. The molecule has 0 aliphatic carbocycles. The molecular formula is C14H19NO. The first-order chi connectivity index (χ1) is 7.22. The topological polar surface area (TPSA) is 44.0 Å². The van der Waals surface area contributed by atoms with Crippen molar-refractivity contribution in [2.75, 3.05) is 0 Å². The lowest BCUT2D eigenvalue weighted by atomic mass is 9.71. The molecule has 0 saturated carbocycles. The van der Waals surface area contributed by atoms with E-state index >= 15 is 0 Å². The fraction of sp³-hybridized carbons (Fsp3) is 0.500. The van der Waals surface area contributed by atoms with Crippen molar-refractivity contribution in [1.82, 2.24) is 0 Å². The van der Waals surface area contributed by atoms with Crippen LogP contribution in [0.4, 0.5) is 0 Å². The minimum Gasteiger partial charge on any atom is -0.384 e. The van der Waals surface area contributed by atoms with Crippen LogP contribution in [0.5, 0.6) is 0 Å². The van der Waals surface area contributed by atoms with Gasteiger partial charge in [-0.05, 0) is 45.7 Å². The number of aryl methyl sites for hydroxylation is 2. The van der Waals surface area contributed by atoms with Gasteiger partial charge in [0.1, 0.15) is 5.60 Å². The van der Waals surface area contributed by atoms with Crippen LogP contribution in [0.2, 0.25) is 0 Å². The summed E-state index contributed by atoms with van der Waals surface area (Å²) in [5.74, 6) is 0. The van der Waals surface area contributed by atoms with Gasteiger partial charge in [-0.1, -0.05) is 23.8 Å². The monoisotopic (exact) mass is 217 g/mol. The average molecular weight is 217 g/mol. The molecule has 1 rings (SSSR count). The summed E-state index contributed by atoms with van der Waals surface area (Å²) in [7, 11) is 0. The Labute approximate surface area is 97.5 Å². The first-order valence-electron chi connectivity index (χ1n) is 5.44. The van der Waals surface area contributed by atoms with E-state index in [0.29, 0.717) is 0 Å². The van der Waals surface area contributed by atoms with Crippen LogP contribution in [-0.2, 0) is 5.60 Å². The molecular weight excluding hydrogens is 198 g/mol. The number of hydrogen-bond acceptors (Lipinski definition) is 2. The highest BCUT2D eigenvalue weighted by Crippen LogP contribution is 2.40. The molecule has 0 saturated heterocycles. The molecule has 86 valence electrons. The van der Waals surface area contributed by atoms with E-state index in [1.165, 1.54) is 0 Å². The maximum atomic E-state index is 10.6. The first kappa shape index (κ1) is 12.7. The van der Waals surface area contributed by atoms with E-state index in [4.69, 9.17) is 5.26 Å². The average Bonchev–Trinajstić information content (AvgIpc) is 2.21. The van der Waals surface area contributed by atoms with Gasteiger partial charge in [-0.2, -0.15) is 5.26 Å². The maximum Gasteiger partial charge on any atom is 0.105 e. The van der Waals surface area contributed by atoms with Gasteiger partial charge < -0.3 is 5.11 Å². The molecule has 16 heavy (non-hydrogen) atoms. The number of aliphatic hydroxyl groups is 1. The zero-order chi connectivity index (χ0) is 12.6. The third-order valence-corrected chi connectivity index (χ3v) is 3.41. The van der Waals surface area contributed by atoms with Crippen molar-refractivity contribution < 1.29 is 5.11 Å². The maximum absolute atomic E-state index is 10.6. The van der Waals surface area contributed by atoms with Crippen LogP contribution in [0.25, 0.3) is 0 Å². The molecule has 1 aromatic rings. The van der Waals surface area contributed by atoms with Gasteiger partial charge in [0.2, 0.25) is 0 Å². The molecule has 2 heteroatoms. The zero-order valence-corrected chi connectivity index (χ0v) is 10.6. The molecule has 1 N–H and O–H groups in total. The van der Waals surface area contributed by atoms with E-state index in [1.54, 1.807) is 20.8 Å². The third kappa shape index (κ3) is 1.96. The highest BCUT2D eigenvalue weighted by atomic mass is 16.3. The van der Waals surface area contributed by atoms with Crippen LogP contribution >= 0.6 is 0 Å². The Morgan fingerprint density at radius 2 is 1.75 bits per heavy atom. The molecule has 1 unspecified atom stereocenters. The molecule has 0 fully saturated rings. The zero-order valence-electron chi connectivity index (χ0n) is 10.6. The number of nitrogens with zero attached hydrogens (tertiary/aromatic N) is 1. The van der Waals surface area contributed by atoms with Crippen molar-refractivity contribution in [3.63, 3.8) is 0 Å². The van der Waals surface area contributed by atoms with Crippen molar-refractivity contribution in [3.8, 4) is 6.07 Å². The molecule has 0 spiro atoms. The first-order valence-corrected chi connectivity index (χ1v) is 5.44. The molecule has 0 aliphatic heterocycles. The Bertz CT molecular complexity index is 439. The van der Waals surface area contributed by atoms with Gasteiger partial charge in [-0.25, -0.2) is 0 Å². The minimum absolute atomic E-state index is 0.814. The van der Waals surface area contributed by atoms with Gasteiger partial charge in [-0.15, -0.1) is 0 Å². The van der Waals surface area contributed by atoms with Crippen molar-refractivity contribution in [3.05, 3.63) is 34.9 Å². The van der Waals surface area contributed by atoms with E-state index in [1.807, 2.05) is 32.0 Å². The largest absolute Gasteiger partial charge is 0.384 e. The van der Waals surface area contributed by atoms with E-state index in [0.717, 1.165) is 16.7 Å². The van der Waals surface area contributed by atoms with Crippen molar-refractivity contribution in [1.29, 1.82) is 5.26 Å². The highest BCUT2D eigenvalue weighted by Gasteiger charge is 2.42. The van der Waals surface area contributed by atoms with Gasteiger partial charge in [-0.3, -0.25) is 0 Å². The normalized spacial score (nSPS) is 15.3. The number of nitriles is 1. The molecule has 0 bridgehead atoms. The molecule has 0 radical (unpaired) electrons. The SMILES string of the molecule is Cc1ccc(C)c(C(C)(O)C(C)(C)C#N)c1. The summed E-state index contributed by atoms with van der Waals surface area (Å²) in [6.45, 7) is 9.16. The lowest BCUT2D eigenvalue weighted by molar-refractivity contribution is -0.0273. The van der Waals surface area contributed by atoms with Crippen LogP contribution in [0, 0.1) is 30.6 Å². The minimum atomic E-state index is -1.14. The quantitative estimate of drug-likeness (QED) is 0.827. The molecule has 0 heterocycles. The smallest absolute Gasteiger partial charge is 0.105 e. The van der Waals surface area contributed by atoms with Crippen molar-refractivity contribution in [2.45, 2.75) is 40.2 Å². The fourth-order valence-electron chi connectivity index (χ4n) is 1.71. The molecule has 1 atom stereocenters. The van der Waals surface area contributed by atoms with Crippen LogP contribution in [0.3, 0.4) is 0 Å². The predicted octanol–water partition coefficient (Wildman–Crippen LogP) is 3.06. The predicted molar refractivity (Wildman–Crippen MR) is 64.9 cm³/mol. The second-order valence-electron chi connectivity index (χ2n) is 5.13. The standard InChI is InChI=1S/C14H19NO/c1-10-6-7-11(2)12(8-10)14(5,16)13(3,4)9-15/h6-8,16H,1-5H3. The van der Waals surface area contributed by atoms with Gasteiger partial charge in [0.05, 0.1) is 11.5 Å².